The Morgan fingerprint density at radius 3 is 2.91 bits per heavy atom. The van der Waals surface area contributed by atoms with Crippen molar-refractivity contribution in [1.82, 2.24) is 10.2 Å². The van der Waals surface area contributed by atoms with Crippen LogP contribution < -0.4 is 5.32 Å². The average Bonchev–Trinajstić information content (AvgIpc) is 3.09. The lowest BCUT2D eigenvalue weighted by atomic mass is 10.2. The second-order valence-electron chi connectivity index (χ2n) is 5.75. The van der Waals surface area contributed by atoms with Gasteiger partial charge >= 0.3 is 0 Å². The van der Waals surface area contributed by atoms with E-state index in [9.17, 15) is 4.79 Å². The SMILES string of the molecule is O=C(NCCc1ccsc1)[C@H]1CN(Cc2ccccc2)CCO1. The summed E-state index contributed by atoms with van der Waals surface area (Å²) in [4.78, 5) is 14.5. The van der Waals surface area contributed by atoms with Crippen LogP contribution in [0.1, 0.15) is 11.1 Å². The van der Waals surface area contributed by atoms with Gasteiger partial charge in [0, 0.05) is 26.2 Å². The number of amides is 1. The molecule has 1 N–H and O–H groups in total. The molecular weight excluding hydrogens is 308 g/mol. The van der Waals surface area contributed by atoms with Crippen molar-refractivity contribution in [1.29, 1.82) is 0 Å². The quantitative estimate of drug-likeness (QED) is 0.884. The number of morpholine rings is 1. The molecular formula is C18H22N2O2S. The molecule has 1 atom stereocenters. The van der Waals surface area contributed by atoms with Gasteiger partial charge in [0.2, 0.25) is 5.91 Å². The van der Waals surface area contributed by atoms with E-state index in [-0.39, 0.29) is 12.0 Å². The van der Waals surface area contributed by atoms with Gasteiger partial charge in [-0.15, -0.1) is 0 Å². The molecule has 0 spiro atoms. The maximum atomic E-state index is 12.3. The highest BCUT2D eigenvalue weighted by molar-refractivity contribution is 7.07. The van der Waals surface area contributed by atoms with Crippen molar-refractivity contribution >= 4 is 17.2 Å². The molecule has 1 saturated heterocycles. The molecule has 1 aromatic heterocycles. The molecule has 5 heteroatoms. The van der Waals surface area contributed by atoms with Gasteiger partial charge in [-0.05, 0) is 34.4 Å². The van der Waals surface area contributed by atoms with Crippen LogP contribution in [0.2, 0.25) is 0 Å². The smallest absolute Gasteiger partial charge is 0.250 e. The summed E-state index contributed by atoms with van der Waals surface area (Å²) >= 11 is 1.68. The Kier molecular flexibility index (Phi) is 5.80. The van der Waals surface area contributed by atoms with E-state index in [2.05, 4.69) is 39.2 Å². The minimum absolute atomic E-state index is 0.00186. The van der Waals surface area contributed by atoms with Crippen molar-refractivity contribution in [2.45, 2.75) is 19.1 Å². The minimum Gasteiger partial charge on any atom is -0.366 e. The zero-order valence-electron chi connectivity index (χ0n) is 13.1. The van der Waals surface area contributed by atoms with Crippen molar-refractivity contribution in [2.75, 3.05) is 26.2 Å². The Labute approximate surface area is 141 Å². The Hall–Kier alpha value is -1.69. The van der Waals surface area contributed by atoms with E-state index in [1.165, 1.54) is 11.1 Å². The maximum absolute atomic E-state index is 12.3. The Bertz CT molecular complexity index is 601. The summed E-state index contributed by atoms with van der Waals surface area (Å²) < 4.78 is 5.64. The summed E-state index contributed by atoms with van der Waals surface area (Å²) in [5.41, 5.74) is 2.54. The number of ether oxygens (including phenoxy) is 1. The zero-order chi connectivity index (χ0) is 15.9. The van der Waals surface area contributed by atoms with E-state index in [1.807, 2.05) is 18.2 Å². The normalized spacial score (nSPS) is 18.7. The molecule has 23 heavy (non-hydrogen) atoms. The van der Waals surface area contributed by atoms with Crippen molar-refractivity contribution < 1.29 is 9.53 Å². The highest BCUT2D eigenvalue weighted by Gasteiger charge is 2.26. The van der Waals surface area contributed by atoms with Gasteiger partial charge in [0.25, 0.3) is 0 Å². The Morgan fingerprint density at radius 2 is 2.13 bits per heavy atom. The summed E-state index contributed by atoms with van der Waals surface area (Å²) in [6.07, 6.45) is 0.505. The highest BCUT2D eigenvalue weighted by atomic mass is 32.1. The largest absolute Gasteiger partial charge is 0.366 e. The first kappa shape index (κ1) is 16.2. The fraction of sp³-hybridized carbons (Fsp3) is 0.389. The van der Waals surface area contributed by atoms with E-state index in [1.54, 1.807) is 11.3 Å². The third-order valence-electron chi connectivity index (χ3n) is 3.99. The summed E-state index contributed by atoms with van der Waals surface area (Å²) in [6, 6.07) is 12.4. The summed E-state index contributed by atoms with van der Waals surface area (Å²) in [7, 11) is 0. The first-order chi connectivity index (χ1) is 11.3. The predicted molar refractivity (Wildman–Crippen MR) is 92.5 cm³/mol. The molecule has 1 aliphatic rings. The second-order valence-corrected chi connectivity index (χ2v) is 6.53. The Morgan fingerprint density at radius 1 is 1.26 bits per heavy atom. The second kappa shape index (κ2) is 8.24. The number of benzene rings is 1. The minimum atomic E-state index is -0.366. The lowest BCUT2D eigenvalue weighted by molar-refractivity contribution is -0.138. The molecule has 1 aromatic carbocycles. The van der Waals surface area contributed by atoms with Crippen LogP contribution in [-0.2, 0) is 22.5 Å². The Balaban J connectivity index is 1.44. The van der Waals surface area contributed by atoms with Crippen molar-refractivity contribution in [2.24, 2.45) is 0 Å². The standard InChI is InChI=1S/C18H22N2O2S/c21-18(19-8-6-16-7-11-23-14-16)17-13-20(9-10-22-17)12-15-4-2-1-3-5-15/h1-5,7,11,14,17H,6,8-10,12-13H2,(H,19,21)/t17-/m1/s1. The van der Waals surface area contributed by atoms with Crippen LogP contribution in [0.3, 0.4) is 0 Å². The number of rotatable bonds is 6. The molecule has 1 aliphatic heterocycles. The zero-order valence-corrected chi connectivity index (χ0v) is 13.9. The molecule has 1 fully saturated rings. The van der Waals surface area contributed by atoms with Gasteiger partial charge in [-0.3, -0.25) is 9.69 Å². The number of hydrogen-bond acceptors (Lipinski definition) is 4. The first-order valence-corrected chi connectivity index (χ1v) is 8.92. The summed E-state index contributed by atoms with van der Waals surface area (Å²) in [6.45, 7) is 3.65. The van der Waals surface area contributed by atoms with Crippen LogP contribution in [0.15, 0.2) is 47.2 Å². The van der Waals surface area contributed by atoms with Crippen LogP contribution in [0.25, 0.3) is 0 Å². The van der Waals surface area contributed by atoms with E-state index < -0.39 is 0 Å². The molecule has 3 rings (SSSR count). The number of carbonyl (C=O) groups is 1. The van der Waals surface area contributed by atoms with Crippen LogP contribution in [-0.4, -0.2) is 43.2 Å². The lowest BCUT2D eigenvalue weighted by Crippen LogP contribution is -2.49. The molecule has 0 aliphatic carbocycles. The summed E-state index contributed by atoms with van der Waals surface area (Å²) in [5, 5.41) is 7.16. The van der Waals surface area contributed by atoms with Crippen molar-refractivity contribution in [3.05, 3.63) is 58.3 Å². The van der Waals surface area contributed by atoms with Crippen molar-refractivity contribution in [3.63, 3.8) is 0 Å². The average molecular weight is 330 g/mol. The molecule has 4 nitrogen and oxygen atoms in total. The van der Waals surface area contributed by atoms with Crippen LogP contribution in [0, 0.1) is 0 Å². The van der Waals surface area contributed by atoms with Gasteiger partial charge < -0.3 is 10.1 Å². The number of nitrogens with one attached hydrogen (secondary N) is 1. The molecule has 2 heterocycles. The van der Waals surface area contributed by atoms with Crippen molar-refractivity contribution in [3.8, 4) is 0 Å². The van der Waals surface area contributed by atoms with Gasteiger partial charge in [-0.2, -0.15) is 11.3 Å². The molecule has 1 amide bonds. The van der Waals surface area contributed by atoms with E-state index in [4.69, 9.17) is 4.74 Å². The van der Waals surface area contributed by atoms with E-state index >= 15 is 0 Å². The number of nitrogens with zero attached hydrogens (tertiary/aromatic N) is 1. The molecule has 0 radical (unpaired) electrons. The number of thiophene rings is 1. The molecule has 0 saturated carbocycles. The molecule has 122 valence electrons. The van der Waals surface area contributed by atoms with Crippen LogP contribution >= 0.6 is 11.3 Å². The van der Waals surface area contributed by atoms with Crippen LogP contribution in [0.5, 0.6) is 0 Å². The third kappa shape index (κ3) is 4.89. The van der Waals surface area contributed by atoms with E-state index in [0.717, 1.165) is 19.5 Å². The lowest BCUT2D eigenvalue weighted by Gasteiger charge is -2.32. The topological polar surface area (TPSA) is 41.6 Å². The summed E-state index contributed by atoms with van der Waals surface area (Å²) in [5.74, 6) is -0.00186. The molecule has 0 bridgehead atoms. The monoisotopic (exact) mass is 330 g/mol. The fourth-order valence-corrected chi connectivity index (χ4v) is 3.43. The fourth-order valence-electron chi connectivity index (χ4n) is 2.73. The molecule has 0 unspecified atom stereocenters. The molecule has 2 aromatic rings. The van der Waals surface area contributed by atoms with Gasteiger partial charge in [-0.1, -0.05) is 30.3 Å². The number of hydrogen-bond donors (Lipinski definition) is 1. The maximum Gasteiger partial charge on any atom is 0.250 e. The van der Waals surface area contributed by atoms with Crippen LogP contribution in [0.4, 0.5) is 0 Å². The first-order valence-electron chi connectivity index (χ1n) is 7.98. The number of carbonyl (C=O) groups excluding carboxylic acids is 1. The van der Waals surface area contributed by atoms with Gasteiger partial charge in [0.05, 0.1) is 6.61 Å². The third-order valence-corrected chi connectivity index (χ3v) is 4.72. The van der Waals surface area contributed by atoms with Gasteiger partial charge in [0.15, 0.2) is 0 Å². The van der Waals surface area contributed by atoms with Gasteiger partial charge in [0.1, 0.15) is 6.10 Å². The van der Waals surface area contributed by atoms with Gasteiger partial charge in [-0.25, -0.2) is 0 Å². The van der Waals surface area contributed by atoms with E-state index in [0.29, 0.717) is 19.7 Å². The predicted octanol–water partition coefficient (Wildman–Crippen LogP) is 2.31. The highest BCUT2D eigenvalue weighted by Crippen LogP contribution is 2.11.